The van der Waals surface area contributed by atoms with E-state index in [1.165, 1.54) is 25.1 Å². The number of primary amides is 1. The lowest BCUT2D eigenvalue weighted by molar-refractivity contribution is -0.153. The molecule has 0 heterocycles. The number of benzene rings is 1. The zero-order valence-corrected chi connectivity index (χ0v) is 20.3. The van der Waals surface area contributed by atoms with Crippen molar-refractivity contribution in [3.05, 3.63) is 37.7 Å². The minimum absolute atomic E-state index is 0.0109. The van der Waals surface area contributed by atoms with Crippen molar-refractivity contribution in [1.82, 2.24) is 4.90 Å². The monoisotopic (exact) mass is 583 g/mol. The van der Waals surface area contributed by atoms with Gasteiger partial charge in [0.25, 0.3) is 5.91 Å². The van der Waals surface area contributed by atoms with Gasteiger partial charge >= 0.3 is 0 Å². The summed E-state index contributed by atoms with van der Waals surface area (Å²) in [4.78, 5) is 51.1. The lowest BCUT2D eigenvalue weighted by Crippen LogP contribution is -2.65. The molecule has 0 spiro atoms. The van der Waals surface area contributed by atoms with Crippen molar-refractivity contribution in [2.24, 2.45) is 17.6 Å². The molecule has 34 heavy (non-hydrogen) atoms. The third-order valence-corrected chi connectivity index (χ3v) is 7.84. The first-order chi connectivity index (χ1) is 15.9. The van der Waals surface area contributed by atoms with Gasteiger partial charge in [0.15, 0.2) is 11.4 Å². The predicted molar refractivity (Wildman–Crippen MR) is 127 cm³/mol. The number of aliphatic hydroxyl groups excluding tert-OH is 2. The zero-order chi connectivity index (χ0) is 25.3. The summed E-state index contributed by atoms with van der Waals surface area (Å²) in [7, 11) is 3.08. The first-order valence-electron chi connectivity index (χ1n) is 10.3. The first-order valence-corrected chi connectivity index (χ1v) is 11.3. The van der Waals surface area contributed by atoms with Gasteiger partial charge in [0.2, 0.25) is 12.2 Å². The molecule has 12 heteroatoms. The Morgan fingerprint density at radius 2 is 1.94 bits per heavy atom. The van der Waals surface area contributed by atoms with Crippen LogP contribution in [0.1, 0.15) is 17.5 Å². The fourth-order valence-corrected chi connectivity index (χ4v) is 6.24. The van der Waals surface area contributed by atoms with Crippen molar-refractivity contribution in [3.8, 4) is 5.75 Å². The third kappa shape index (κ3) is 3.08. The molecule has 1 saturated carbocycles. The van der Waals surface area contributed by atoms with Gasteiger partial charge in [-0.25, -0.2) is 0 Å². The number of nitrogens with one attached hydrogen (secondary N) is 1. The third-order valence-electron chi connectivity index (χ3n) is 6.88. The van der Waals surface area contributed by atoms with E-state index in [0.717, 1.165) is 0 Å². The Bertz CT molecular complexity index is 1240. The molecular weight excluding hydrogens is 561 g/mol. The fourth-order valence-electron chi connectivity index (χ4n) is 5.44. The van der Waals surface area contributed by atoms with E-state index < -0.39 is 63.8 Å². The van der Waals surface area contributed by atoms with E-state index in [9.17, 15) is 39.6 Å². The number of Topliss-reactive ketones (excluding diaryl/α,β-unsaturated/α-hetero) is 2. The van der Waals surface area contributed by atoms with Crippen molar-refractivity contribution >= 4 is 57.9 Å². The highest BCUT2D eigenvalue weighted by molar-refractivity contribution is 14.1. The summed E-state index contributed by atoms with van der Waals surface area (Å²) < 4.78 is 0.608. The maximum atomic E-state index is 13.7. The van der Waals surface area contributed by atoms with Crippen LogP contribution in [-0.2, 0) is 25.6 Å². The Kier molecular flexibility index (Phi) is 5.73. The number of carbonyl (C=O) groups excluding carboxylic acids is 4. The summed E-state index contributed by atoms with van der Waals surface area (Å²) in [5.41, 5.74) is 1.95. The fraction of sp³-hybridized carbons (Fsp3) is 0.364. The van der Waals surface area contributed by atoms with Crippen LogP contribution in [0.25, 0.3) is 5.76 Å². The molecule has 4 rings (SSSR count). The van der Waals surface area contributed by atoms with Gasteiger partial charge in [-0.2, -0.15) is 0 Å². The first kappa shape index (κ1) is 24.2. The van der Waals surface area contributed by atoms with Gasteiger partial charge in [-0.05, 0) is 67.1 Å². The standard InChI is InChI=1S/C22H22IN3O8/c1-26(2)15-9-4-7-3-8-10(23)5-11(25-6-27)16(28)13(8)17(29)12(7)19(31)22(9,34)20(32)14(18(15)30)21(24)33/h5-7,9,15,28-29,32,34H,3-4H2,1-2H3,(H2,24,33)(H,25,27)/t7?,9?,15-,22?/m0/s1. The quantitative estimate of drug-likeness (QED) is 0.124. The predicted octanol–water partition coefficient (Wildman–Crippen LogP) is 0.137. The minimum Gasteiger partial charge on any atom is -0.508 e. The highest BCUT2D eigenvalue weighted by Gasteiger charge is 2.64. The van der Waals surface area contributed by atoms with Crippen LogP contribution in [0, 0.1) is 15.4 Å². The molecule has 180 valence electrons. The summed E-state index contributed by atoms with van der Waals surface area (Å²) in [5.74, 6) is -7.18. The van der Waals surface area contributed by atoms with Gasteiger partial charge in [0.05, 0.1) is 17.3 Å². The van der Waals surface area contributed by atoms with Crippen LogP contribution in [0.3, 0.4) is 0 Å². The molecule has 3 aliphatic carbocycles. The molecule has 4 atom stereocenters. The Morgan fingerprint density at radius 3 is 2.50 bits per heavy atom. The molecule has 1 aromatic carbocycles. The average molecular weight is 583 g/mol. The van der Waals surface area contributed by atoms with Gasteiger partial charge < -0.3 is 31.5 Å². The number of nitrogens with two attached hydrogens (primary N) is 1. The average Bonchev–Trinajstić information content (AvgIpc) is 2.74. The molecule has 0 aliphatic heterocycles. The number of likely N-dealkylation sites (N-methyl/N-ethyl adjacent to an activating group) is 1. The normalized spacial score (nSPS) is 28.4. The van der Waals surface area contributed by atoms with Gasteiger partial charge in [-0.1, -0.05) is 0 Å². The molecular formula is C22H22IN3O8. The van der Waals surface area contributed by atoms with Crippen LogP contribution >= 0.6 is 22.6 Å². The van der Waals surface area contributed by atoms with Gasteiger partial charge in [0.1, 0.15) is 22.8 Å². The van der Waals surface area contributed by atoms with Gasteiger partial charge in [0, 0.05) is 15.1 Å². The van der Waals surface area contributed by atoms with Crippen LogP contribution in [0.15, 0.2) is 23.0 Å². The molecule has 2 amide bonds. The number of phenols is 1. The largest absolute Gasteiger partial charge is 0.508 e. The van der Waals surface area contributed by atoms with Gasteiger partial charge in [-0.3, -0.25) is 24.1 Å². The van der Waals surface area contributed by atoms with Crippen molar-refractivity contribution < 1.29 is 39.6 Å². The number of anilines is 1. The molecule has 1 fully saturated rings. The van der Waals surface area contributed by atoms with E-state index in [4.69, 9.17) is 5.73 Å². The van der Waals surface area contributed by atoms with E-state index in [1.807, 2.05) is 22.6 Å². The Balaban J connectivity index is 1.99. The highest BCUT2D eigenvalue weighted by Crippen LogP contribution is 2.53. The van der Waals surface area contributed by atoms with E-state index >= 15 is 0 Å². The number of fused-ring (bicyclic) bond motifs is 3. The maximum absolute atomic E-state index is 13.7. The molecule has 0 aromatic heterocycles. The van der Waals surface area contributed by atoms with Crippen molar-refractivity contribution in [2.45, 2.75) is 24.5 Å². The molecule has 3 aliphatic rings. The second-order valence-electron chi connectivity index (χ2n) is 8.83. The molecule has 0 bridgehead atoms. The summed E-state index contributed by atoms with van der Waals surface area (Å²) in [6.07, 6.45) is 0.541. The number of aromatic hydroxyl groups is 1. The topological polar surface area (TPSA) is 190 Å². The van der Waals surface area contributed by atoms with Crippen LogP contribution in [0.2, 0.25) is 0 Å². The Morgan fingerprint density at radius 1 is 1.29 bits per heavy atom. The van der Waals surface area contributed by atoms with Crippen LogP contribution in [0.5, 0.6) is 5.75 Å². The second kappa shape index (κ2) is 8.06. The molecule has 1 aromatic rings. The van der Waals surface area contributed by atoms with Crippen molar-refractivity contribution in [2.75, 3.05) is 19.4 Å². The van der Waals surface area contributed by atoms with E-state index in [2.05, 4.69) is 5.32 Å². The smallest absolute Gasteiger partial charge is 0.255 e. The summed E-state index contributed by atoms with van der Waals surface area (Å²) in [6.45, 7) is 0. The molecule has 0 radical (unpaired) electrons. The highest BCUT2D eigenvalue weighted by atomic mass is 127. The summed E-state index contributed by atoms with van der Waals surface area (Å²) in [6, 6.07) is 0.382. The van der Waals surface area contributed by atoms with Crippen LogP contribution < -0.4 is 11.1 Å². The molecule has 3 unspecified atom stereocenters. The Labute approximate surface area is 207 Å². The van der Waals surface area contributed by atoms with E-state index in [1.54, 1.807) is 0 Å². The molecule has 0 saturated heterocycles. The SMILES string of the molecule is CN(C)[C@@H]1C(=O)C(C(N)=O)=C(O)C2(O)C(=O)C3=C(O)c4c(O)c(NC=O)cc(I)c4CC3CC12. The van der Waals surface area contributed by atoms with Crippen LogP contribution in [-0.4, -0.2) is 74.9 Å². The second-order valence-corrected chi connectivity index (χ2v) is 9.99. The molecule has 7 N–H and O–H groups in total. The number of carbonyl (C=O) groups is 4. The molecule has 11 nitrogen and oxygen atoms in total. The van der Waals surface area contributed by atoms with Crippen molar-refractivity contribution in [3.63, 3.8) is 0 Å². The number of nitrogens with zero attached hydrogens (tertiary/aromatic N) is 1. The van der Waals surface area contributed by atoms with Crippen molar-refractivity contribution in [1.29, 1.82) is 0 Å². The number of hydrogen-bond donors (Lipinski definition) is 6. The number of hydrogen-bond acceptors (Lipinski definition) is 9. The van der Waals surface area contributed by atoms with E-state index in [-0.39, 0.29) is 29.7 Å². The number of phenolic OH excluding ortho intramolecular Hbond substituents is 1. The maximum Gasteiger partial charge on any atom is 0.255 e. The summed E-state index contributed by atoms with van der Waals surface area (Å²) >= 11 is 1.98. The van der Waals surface area contributed by atoms with E-state index in [0.29, 0.717) is 15.5 Å². The van der Waals surface area contributed by atoms with Gasteiger partial charge in [-0.15, -0.1) is 0 Å². The number of rotatable bonds is 4. The summed E-state index contributed by atoms with van der Waals surface area (Å²) in [5, 5.41) is 46.5. The lowest BCUT2D eigenvalue weighted by Gasteiger charge is -2.50. The number of aliphatic hydroxyl groups is 3. The number of ketones is 2. The Hall–Kier alpha value is -2.97. The minimum atomic E-state index is -2.69. The van der Waals surface area contributed by atoms with Crippen LogP contribution in [0.4, 0.5) is 5.69 Å². The number of amides is 2. The number of halogens is 1. The zero-order valence-electron chi connectivity index (χ0n) is 18.1. The lowest BCUT2D eigenvalue weighted by atomic mass is 9.57.